The molecule has 1 amide bonds. The first-order chi connectivity index (χ1) is 8.85. The number of rotatable bonds is 6. The van der Waals surface area contributed by atoms with Crippen LogP contribution < -0.4 is 5.73 Å². The lowest BCUT2D eigenvalue weighted by molar-refractivity contribution is -0.131. The van der Waals surface area contributed by atoms with E-state index in [1.165, 1.54) is 4.90 Å². The SMILES string of the molecule is CN(CCS(C)(=O)=O)C(=O)C(CN)c1ccccc1. The Balaban J connectivity index is 2.74. The van der Waals surface area contributed by atoms with E-state index >= 15 is 0 Å². The number of benzene rings is 1. The van der Waals surface area contributed by atoms with Crippen LogP contribution in [-0.2, 0) is 14.6 Å². The van der Waals surface area contributed by atoms with Crippen molar-refractivity contribution >= 4 is 15.7 Å². The average molecular weight is 284 g/mol. The van der Waals surface area contributed by atoms with Gasteiger partial charge in [-0.3, -0.25) is 4.79 Å². The van der Waals surface area contributed by atoms with Gasteiger partial charge in [-0.15, -0.1) is 0 Å². The van der Waals surface area contributed by atoms with Crippen molar-refractivity contribution in [2.75, 3.05) is 32.1 Å². The molecule has 19 heavy (non-hydrogen) atoms. The maximum atomic E-state index is 12.2. The van der Waals surface area contributed by atoms with Crippen molar-refractivity contribution in [1.29, 1.82) is 0 Å². The molecule has 6 heteroatoms. The highest BCUT2D eigenvalue weighted by Gasteiger charge is 2.22. The van der Waals surface area contributed by atoms with Gasteiger partial charge >= 0.3 is 0 Å². The molecule has 1 aromatic rings. The number of likely N-dealkylation sites (N-methyl/N-ethyl adjacent to an activating group) is 1. The second kappa shape index (κ2) is 6.68. The second-order valence-electron chi connectivity index (χ2n) is 4.59. The second-order valence-corrected chi connectivity index (χ2v) is 6.85. The Kier molecular flexibility index (Phi) is 5.50. The van der Waals surface area contributed by atoms with E-state index in [0.29, 0.717) is 0 Å². The van der Waals surface area contributed by atoms with E-state index in [-0.39, 0.29) is 24.7 Å². The monoisotopic (exact) mass is 284 g/mol. The van der Waals surface area contributed by atoms with E-state index in [4.69, 9.17) is 5.73 Å². The summed E-state index contributed by atoms with van der Waals surface area (Å²) in [6, 6.07) is 9.26. The van der Waals surface area contributed by atoms with Gasteiger partial charge in [-0.25, -0.2) is 8.42 Å². The van der Waals surface area contributed by atoms with Crippen molar-refractivity contribution in [3.05, 3.63) is 35.9 Å². The Morgan fingerprint density at radius 2 is 1.89 bits per heavy atom. The van der Waals surface area contributed by atoms with E-state index in [9.17, 15) is 13.2 Å². The predicted molar refractivity (Wildman–Crippen MR) is 75.6 cm³/mol. The third kappa shape index (κ3) is 5.00. The van der Waals surface area contributed by atoms with Gasteiger partial charge in [-0.1, -0.05) is 30.3 Å². The molecule has 0 aliphatic rings. The number of carbonyl (C=O) groups is 1. The largest absolute Gasteiger partial charge is 0.344 e. The van der Waals surface area contributed by atoms with E-state index in [2.05, 4.69) is 0 Å². The lowest BCUT2D eigenvalue weighted by Crippen LogP contribution is -2.37. The van der Waals surface area contributed by atoms with Gasteiger partial charge in [0.1, 0.15) is 9.84 Å². The highest BCUT2D eigenvalue weighted by atomic mass is 32.2. The number of hydrogen-bond donors (Lipinski definition) is 1. The summed E-state index contributed by atoms with van der Waals surface area (Å²) >= 11 is 0. The molecule has 0 fully saturated rings. The van der Waals surface area contributed by atoms with Gasteiger partial charge in [0.2, 0.25) is 5.91 Å². The first-order valence-electron chi connectivity index (χ1n) is 6.03. The summed E-state index contributed by atoms with van der Waals surface area (Å²) in [4.78, 5) is 13.7. The molecule has 0 aliphatic heterocycles. The maximum absolute atomic E-state index is 12.2. The zero-order valence-electron chi connectivity index (χ0n) is 11.2. The highest BCUT2D eigenvalue weighted by Crippen LogP contribution is 2.16. The quantitative estimate of drug-likeness (QED) is 0.811. The molecule has 1 atom stereocenters. The Morgan fingerprint density at radius 1 is 1.32 bits per heavy atom. The van der Waals surface area contributed by atoms with Crippen LogP contribution in [0.4, 0.5) is 0 Å². The summed E-state index contributed by atoms with van der Waals surface area (Å²) < 4.78 is 22.2. The van der Waals surface area contributed by atoms with Gasteiger partial charge in [0, 0.05) is 26.4 Å². The van der Waals surface area contributed by atoms with Crippen LogP contribution in [0.3, 0.4) is 0 Å². The zero-order valence-corrected chi connectivity index (χ0v) is 12.1. The van der Waals surface area contributed by atoms with Crippen molar-refractivity contribution in [1.82, 2.24) is 4.90 Å². The predicted octanol–water partition coefficient (Wildman–Crippen LogP) is 0.232. The smallest absolute Gasteiger partial charge is 0.231 e. The molecule has 1 aromatic carbocycles. The third-order valence-electron chi connectivity index (χ3n) is 2.91. The minimum absolute atomic E-state index is 0.0404. The molecule has 1 rings (SSSR count). The fourth-order valence-electron chi connectivity index (χ4n) is 1.74. The van der Waals surface area contributed by atoms with Crippen LogP contribution in [0.5, 0.6) is 0 Å². The van der Waals surface area contributed by atoms with Crippen molar-refractivity contribution in [3.8, 4) is 0 Å². The summed E-state index contributed by atoms with van der Waals surface area (Å²) in [5, 5.41) is 0. The normalized spacial score (nSPS) is 13.0. The molecule has 1 unspecified atom stereocenters. The number of carbonyl (C=O) groups excluding carboxylic acids is 1. The Morgan fingerprint density at radius 3 is 2.37 bits per heavy atom. The summed E-state index contributed by atoms with van der Waals surface area (Å²) in [5.41, 5.74) is 6.51. The van der Waals surface area contributed by atoms with Crippen LogP contribution in [0.15, 0.2) is 30.3 Å². The highest BCUT2D eigenvalue weighted by molar-refractivity contribution is 7.90. The van der Waals surface area contributed by atoms with Gasteiger partial charge in [-0.2, -0.15) is 0 Å². The van der Waals surface area contributed by atoms with E-state index in [0.717, 1.165) is 11.8 Å². The van der Waals surface area contributed by atoms with E-state index in [1.807, 2.05) is 30.3 Å². The summed E-state index contributed by atoms with van der Waals surface area (Å²) in [7, 11) is -1.48. The van der Waals surface area contributed by atoms with Crippen molar-refractivity contribution in [2.45, 2.75) is 5.92 Å². The minimum atomic E-state index is -3.07. The molecule has 0 saturated heterocycles. The van der Waals surface area contributed by atoms with Crippen LogP contribution in [-0.4, -0.2) is 51.4 Å². The molecule has 0 bridgehead atoms. The lowest BCUT2D eigenvalue weighted by atomic mass is 9.98. The molecule has 0 heterocycles. The van der Waals surface area contributed by atoms with Crippen LogP contribution >= 0.6 is 0 Å². The fourth-order valence-corrected chi connectivity index (χ4v) is 2.35. The molecule has 5 nitrogen and oxygen atoms in total. The molecule has 0 spiro atoms. The minimum Gasteiger partial charge on any atom is -0.344 e. The van der Waals surface area contributed by atoms with Gasteiger partial charge in [-0.05, 0) is 5.56 Å². The zero-order chi connectivity index (χ0) is 14.5. The topological polar surface area (TPSA) is 80.5 Å². The van der Waals surface area contributed by atoms with E-state index in [1.54, 1.807) is 7.05 Å². The molecule has 0 saturated carbocycles. The van der Waals surface area contributed by atoms with Crippen LogP contribution in [0.2, 0.25) is 0 Å². The number of amides is 1. The molecular weight excluding hydrogens is 264 g/mol. The van der Waals surface area contributed by atoms with Gasteiger partial charge in [0.25, 0.3) is 0 Å². The molecule has 2 N–H and O–H groups in total. The number of sulfone groups is 1. The first kappa shape index (κ1) is 15.7. The van der Waals surface area contributed by atoms with Gasteiger partial charge < -0.3 is 10.6 Å². The van der Waals surface area contributed by atoms with Gasteiger partial charge in [0.15, 0.2) is 0 Å². The first-order valence-corrected chi connectivity index (χ1v) is 8.09. The molecule has 0 aliphatic carbocycles. The molecule has 0 aromatic heterocycles. The number of nitrogens with zero attached hydrogens (tertiary/aromatic N) is 1. The molecule has 106 valence electrons. The van der Waals surface area contributed by atoms with Crippen LogP contribution in [0.1, 0.15) is 11.5 Å². The number of nitrogens with two attached hydrogens (primary N) is 1. The van der Waals surface area contributed by atoms with Crippen LogP contribution in [0.25, 0.3) is 0 Å². The molecular formula is C13H20N2O3S. The van der Waals surface area contributed by atoms with Crippen LogP contribution in [0, 0.1) is 0 Å². The van der Waals surface area contributed by atoms with Crippen molar-refractivity contribution < 1.29 is 13.2 Å². The van der Waals surface area contributed by atoms with Crippen molar-refractivity contribution in [2.24, 2.45) is 5.73 Å². The summed E-state index contributed by atoms with van der Waals surface area (Å²) in [6.07, 6.45) is 1.16. The van der Waals surface area contributed by atoms with E-state index < -0.39 is 15.8 Å². The fraction of sp³-hybridized carbons (Fsp3) is 0.462. The van der Waals surface area contributed by atoms with Crippen molar-refractivity contribution in [3.63, 3.8) is 0 Å². The maximum Gasteiger partial charge on any atom is 0.231 e. The summed E-state index contributed by atoms with van der Waals surface area (Å²) in [6.45, 7) is 0.382. The average Bonchev–Trinajstić information content (AvgIpc) is 2.37. The Bertz CT molecular complexity index is 514. The summed E-state index contributed by atoms with van der Waals surface area (Å²) in [5.74, 6) is -0.621. The Hall–Kier alpha value is -1.40. The number of hydrogen-bond acceptors (Lipinski definition) is 4. The standard InChI is InChI=1S/C13H20N2O3S/c1-15(8-9-19(2,17)18)13(16)12(10-14)11-6-4-3-5-7-11/h3-7,12H,8-10,14H2,1-2H3. The third-order valence-corrected chi connectivity index (χ3v) is 3.83. The Labute approximate surface area is 114 Å². The lowest BCUT2D eigenvalue weighted by Gasteiger charge is -2.23. The molecule has 0 radical (unpaired) electrons. The van der Waals surface area contributed by atoms with Gasteiger partial charge in [0.05, 0.1) is 11.7 Å².